The summed E-state index contributed by atoms with van der Waals surface area (Å²) >= 11 is 0. The van der Waals surface area contributed by atoms with Crippen molar-refractivity contribution in [2.24, 2.45) is 11.3 Å². The maximum atomic E-state index is 6.05. The van der Waals surface area contributed by atoms with E-state index in [0.717, 1.165) is 36.8 Å². The zero-order chi connectivity index (χ0) is 14.6. The van der Waals surface area contributed by atoms with E-state index in [9.17, 15) is 0 Å². The van der Waals surface area contributed by atoms with Crippen LogP contribution in [0, 0.1) is 11.3 Å². The van der Waals surface area contributed by atoms with Gasteiger partial charge in [0.1, 0.15) is 5.82 Å². The van der Waals surface area contributed by atoms with E-state index in [1.165, 1.54) is 6.42 Å². The number of hydrogen-bond acceptors (Lipinski definition) is 4. The smallest absolute Gasteiger partial charge is 0.144 e. The van der Waals surface area contributed by atoms with Crippen molar-refractivity contribution in [3.8, 4) is 0 Å². The van der Waals surface area contributed by atoms with E-state index in [2.05, 4.69) is 36.1 Å². The lowest BCUT2D eigenvalue weighted by molar-refractivity contribution is -0.0327. The quantitative estimate of drug-likeness (QED) is 0.892. The minimum Gasteiger partial charge on any atom is -0.372 e. The first-order valence-electron chi connectivity index (χ1n) is 7.65. The average molecular weight is 277 g/mol. The highest BCUT2D eigenvalue weighted by atomic mass is 16.5. The van der Waals surface area contributed by atoms with Crippen molar-refractivity contribution in [3.63, 3.8) is 0 Å². The summed E-state index contributed by atoms with van der Waals surface area (Å²) in [4.78, 5) is 8.71. The highest BCUT2D eigenvalue weighted by Crippen LogP contribution is 2.39. The second-order valence-corrected chi connectivity index (χ2v) is 6.77. The maximum absolute atomic E-state index is 6.05. The van der Waals surface area contributed by atoms with Gasteiger partial charge in [-0.3, -0.25) is 4.98 Å². The summed E-state index contributed by atoms with van der Waals surface area (Å²) in [5.74, 6) is 1.56. The summed E-state index contributed by atoms with van der Waals surface area (Å²) in [6.45, 7) is 10.5. The van der Waals surface area contributed by atoms with Gasteiger partial charge in [-0.05, 0) is 37.5 Å². The van der Waals surface area contributed by atoms with Gasteiger partial charge < -0.3 is 10.1 Å². The molecular formula is C16H27N3O. The zero-order valence-corrected chi connectivity index (χ0v) is 13.1. The first kappa shape index (κ1) is 15.2. The van der Waals surface area contributed by atoms with Crippen LogP contribution in [-0.2, 0) is 11.3 Å². The topological polar surface area (TPSA) is 47.0 Å². The molecule has 2 unspecified atom stereocenters. The average Bonchev–Trinajstić information content (AvgIpc) is 2.36. The summed E-state index contributed by atoms with van der Waals surface area (Å²) < 4.78 is 6.05. The minimum atomic E-state index is 0.351. The third-order valence-electron chi connectivity index (χ3n) is 3.88. The number of hydrogen-bond donors (Lipinski definition) is 1. The molecule has 2 rings (SSSR count). The van der Waals surface area contributed by atoms with Crippen LogP contribution in [0.15, 0.2) is 12.4 Å². The van der Waals surface area contributed by atoms with E-state index in [0.29, 0.717) is 18.1 Å². The van der Waals surface area contributed by atoms with Gasteiger partial charge in [0, 0.05) is 6.54 Å². The van der Waals surface area contributed by atoms with E-state index >= 15 is 0 Å². The summed E-state index contributed by atoms with van der Waals surface area (Å²) in [7, 11) is 0. The van der Waals surface area contributed by atoms with Crippen molar-refractivity contribution in [1.29, 1.82) is 0 Å². The lowest BCUT2D eigenvalue weighted by Crippen LogP contribution is -2.32. The van der Waals surface area contributed by atoms with Crippen LogP contribution in [0.1, 0.15) is 52.7 Å². The molecule has 1 N–H and O–H groups in total. The number of aromatic nitrogens is 2. The van der Waals surface area contributed by atoms with Crippen molar-refractivity contribution in [1.82, 2.24) is 9.97 Å². The second-order valence-electron chi connectivity index (χ2n) is 6.77. The molecule has 0 aromatic carbocycles. The van der Waals surface area contributed by atoms with Gasteiger partial charge in [-0.2, -0.15) is 0 Å². The van der Waals surface area contributed by atoms with Gasteiger partial charge in [-0.1, -0.05) is 20.8 Å². The lowest BCUT2D eigenvalue weighted by atomic mass is 9.71. The van der Waals surface area contributed by atoms with E-state index in [1.807, 2.05) is 6.92 Å². The molecule has 112 valence electrons. The van der Waals surface area contributed by atoms with E-state index in [-0.39, 0.29) is 0 Å². The van der Waals surface area contributed by atoms with Crippen molar-refractivity contribution in [3.05, 3.63) is 18.1 Å². The van der Waals surface area contributed by atoms with Crippen LogP contribution >= 0.6 is 0 Å². The summed E-state index contributed by atoms with van der Waals surface area (Å²) in [5, 5.41) is 3.14. The van der Waals surface area contributed by atoms with Crippen LogP contribution in [0.3, 0.4) is 0 Å². The predicted octanol–water partition coefficient (Wildman–Crippen LogP) is 3.64. The Bertz CT molecular complexity index is 416. The van der Waals surface area contributed by atoms with E-state index in [1.54, 1.807) is 12.4 Å². The molecule has 0 spiro atoms. The van der Waals surface area contributed by atoms with Crippen molar-refractivity contribution >= 4 is 5.82 Å². The van der Waals surface area contributed by atoms with Crippen LogP contribution in [0.25, 0.3) is 0 Å². The molecule has 0 radical (unpaired) electrons. The van der Waals surface area contributed by atoms with E-state index < -0.39 is 0 Å². The monoisotopic (exact) mass is 277 g/mol. The Balaban J connectivity index is 1.85. The SMILES string of the molecule is CCNc1cnc(COC2CC(C)CC(C)(C)C2)cn1. The van der Waals surface area contributed by atoms with Gasteiger partial charge in [0.25, 0.3) is 0 Å². The van der Waals surface area contributed by atoms with Crippen LogP contribution in [0.5, 0.6) is 0 Å². The molecular weight excluding hydrogens is 250 g/mol. The van der Waals surface area contributed by atoms with Crippen LogP contribution in [0.4, 0.5) is 5.82 Å². The highest BCUT2D eigenvalue weighted by molar-refractivity contribution is 5.30. The molecule has 4 heteroatoms. The molecule has 1 aromatic rings. The molecule has 4 nitrogen and oxygen atoms in total. The fraction of sp³-hybridized carbons (Fsp3) is 0.750. The molecule has 1 aliphatic rings. The first-order valence-corrected chi connectivity index (χ1v) is 7.65. The Morgan fingerprint density at radius 1 is 1.30 bits per heavy atom. The van der Waals surface area contributed by atoms with Crippen LogP contribution in [-0.4, -0.2) is 22.6 Å². The fourth-order valence-electron chi connectivity index (χ4n) is 3.29. The Kier molecular flexibility index (Phi) is 4.97. The summed E-state index contributed by atoms with van der Waals surface area (Å²) in [5.41, 5.74) is 1.30. The Morgan fingerprint density at radius 3 is 2.70 bits per heavy atom. The molecule has 0 bridgehead atoms. The van der Waals surface area contributed by atoms with Crippen LogP contribution in [0.2, 0.25) is 0 Å². The standard InChI is InChI=1S/C16H27N3O/c1-5-17-15-10-18-13(9-19-15)11-20-14-6-12(2)7-16(3,4)8-14/h9-10,12,14H,5-8,11H2,1-4H3,(H,17,19). The van der Waals surface area contributed by atoms with Gasteiger partial charge in [-0.15, -0.1) is 0 Å². The Hall–Kier alpha value is -1.16. The molecule has 1 aliphatic carbocycles. The molecule has 1 fully saturated rings. The molecule has 0 aliphatic heterocycles. The normalized spacial score (nSPS) is 25.4. The molecule has 1 saturated carbocycles. The summed E-state index contributed by atoms with van der Waals surface area (Å²) in [6, 6.07) is 0. The molecule has 1 aromatic heterocycles. The zero-order valence-electron chi connectivity index (χ0n) is 13.1. The number of ether oxygens (including phenoxy) is 1. The predicted molar refractivity (Wildman–Crippen MR) is 81.6 cm³/mol. The number of rotatable bonds is 5. The molecule has 0 saturated heterocycles. The second kappa shape index (κ2) is 6.53. The van der Waals surface area contributed by atoms with Gasteiger partial charge in [0.15, 0.2) is 0 Å². The number of anilines is 1. The van der Waals surface area contributed by atoms with Crippen molar-refractivity contribution < 1.29 is 4.74 Å². The third-order valence-corrected chi connectivity index (χ3v) is 3.88. The maximum Gasteiger partial charge on any atom is 0.144 e. The first-order chi connectivity index (χ1) is 9.48. The van der Waals surface area contributed by atoms with Crippen LogP contribution < -0.4 is 5.32 Å². The van der Waals surface area contributed by atoms with E-state index in [4.69, 9.17) is 4.74 Å². The fourth-order valence-corrected chi connectivity index (χ4v) is 3.29. The summed E-state index contributed by atoms with van der Waals surface area (Å²) in [6.07, 6.45) is 7.52. The van der Waals surface area contributed by atoms with Gasteiger partial charge in [0.2, 0.25) is 0 Å². The molecule has 1 heterocycles. The molecule has 2 atom stereocenters. The molecule has 0 amide bonds. The van der Waals surface area contributed by atoms with Crippen molar-refractivity contribution in [2.45, 2.75) is 59.7 Å². The highest BCUT2D eigenvalue weighted by Gasteiger charge is 2.32. The third kappa shape index (κ3) is 4.44. The van der Waals surface area contributed by atoms with Gasteiger partial charge in [0.05, 0.1) is 30.8 Å². The minimum absolute atomic E-state index is 0.351. The Morgan fingerprint density at radius 2 is 2.10 bits per heavy atom. The number of nitrogens with one attached hydrogen (secondary N) is 1. The number of nitrogens with zero attached hydrogens (tertiary/aromatic N) is 2. The van der Waals surface area contributed by atoms with Crippen molar-refractivity contribution in [2.75, 3.05) is 11.9 Å². The lowest BCUT2D eigenvalue weighted by Gasteiger charge is -2.38. The largest absolute Gasteiger partial charge is 0.372 e. The van der Waals surface area contributed by atoms with Gasteiger partial charge in [-0.25, -0.2) is 4.98 Å². The molecule has 20 heavy (non-hydrogen) atoms. The van der Waals surface area contributed by atoms with Gasteiger partial charge >= 0.3 is 0 Å². The Labute approximate surface area is 122 Å².